The fourth-order valence-electron chi connectivity index (χ4n) is 2.72. The summed E-state index contributed by atoms with van der Waals surface area (Å²) in [6, 6.07) is 13.8. The molecule has 1 heterocycles. The number of nitrogens with one attached hydrogen (secondary N) is 1. The van der Waals surface area contributed by atoms with Crippen molar-refractivity contribution >= 4 is 11.6 Å². The molecule has 144 valence electrons. The average molecular weight is 380 g/mol. The van der Waals surface area contributed by atoms with E-state index in [0.29, 0.717) is 23.6 Å². The van der Waals surface area contributed by atoms with Gasteiger partial charge < -0.3 is 14.8 Å². The van der Waals surface area contributed by atoms with Gasteiger partial charge in [0, 0.05) is 18.3 Å². The molecule has 2 aromatic carbocycles. The summed E-state index contributed by atoms with van der Waals surface area (Å²) in [5, 5.41) is 2.86. The van der Waals surface area contributed by atoms with E-state index in [1.54, 1.807) is 42.7 Å². The lowest BCUT2D eigenvalue weighted by atomic mass is 10.1. The zero-order chi connectivity index (χ0) is 19.9. The van der Waals surface area contributed by atoms with Crippen LogP contribution >= 0.6 is 0 Å². The number of amides is 1. The number of aromatic nitrogens is 1. The van der Waals surface area contributed by atoms with E-state index in [9.17, 15) is 9.18 Å². The first-order chi connectivity index (χ1) is 13.5. The van der Waals surface area contributed by atoms with Gasteiger partial charge in [-0.05, 0) is 66.9 Å². The summed E-state index contributed by atoms with van der Waals surface area (Å²) in [7, 11) is 1.42. The highest BCUT2D eigenvalue weighted by Crippen LogP contribution is 2.27. The second-order valence-corrected chi connectivity index (χ2v) is 6.29. The zero-order valence-corrected chi connectivity index (χ0v) is 15.7. The summed E-state index contributed by atoms with van der Waals surface area (Å²) >= 11 is 0. The maximum absolute atomic E-state index is 13.7. The summed E-state index contributed by atoms with van der Waals surface area (Å²) in [6.45, 7) is 1.90. The Hall–Kier alpha value is -3.41. The number of hydrogen-bond acceptors (Lipinski definition) is 4. The van der Waals surface area contributed by atoms with E-state index in [4.69, 9.17) is 9.47 Å². The molecule has 0 aliphatic carbocycles. The highest BCUT2D eigenvalue weighted by molar-refractivity contribution is 5.91. The molecule has 0 atom stereocenters. The molecule has 0 bridgehead atoms. The number of hydrogen-bond donors (Lipinski definition) is 1. The summed E-state index contributed by atoms with van der Waals surface area (Å²) in [5.74, 6) is 0.961. The van der Waals surface area contributed by atoms with E-state index in [1.807, 2.05) is 19.1 Å². The topological polar surface area (TPSA) is 60.5 Å². The maximum Gasteiger partial charge on any atom is 0.224 e. The van der Waals surface area contributed by atoms with Gasteiger partial charge in [-0.2, -0.15) is 0 Å². The Morgan fingerprint density at radius 1 is 1.14 bits per heavy atom. The van der Waals surface area contributed by atoms with Crippen molar-refractivity contribution in [3.63, 3.8) is 0 Å². The van der Waals surface area contributed by atoms with Crippen LogP contribution in [0, 0.1) is 12.7 Å². The number of benzene rings is 2. The molecular formula is C22H21FN2O3. The van der Waals surface area contributed by atoms with Gasteiger partial charge in [-0.1, -0.05) is 6.07 Å². The summed E-state index contributed by atoms with van der Waals surface area (Å²) in [6.07, 6.45) is 4.00. The van der Waals surface area contributed by atoms with Crippen molar-refractivity contribution < 1.29 is 18.7 Å². The molecule has 0 fully saturated rings. The van der Waals surface area contributed by atoms with Crippen molar-refractivity contribution in [3.8, 4) is 17.2 Å². The van der Waals surface area contributed by atoms with Crippen LogP contribution in [0.1, 0.15) is 17.5 Å². The molecule has 3 aromatic rings. The molecule has 1 N–H and O–H groups in total. The Morgan fingerprint density at radius 3 is 2.64 bits per heavy atom. The van der Waals surface area contributed by atoms with Gasteiger partial charge >= 0.3 is 0 Å². The number of halogens is 1. The quantitative estimate of drug-likeness (QED) is 0.633. The Labute approximate surface area is 163 Å². The number of nitrogens with zero attached hydrogens (tertiary/aromatic N) is 1. The highest BCUT2D eigenvalue weighted by atomic mass is 19.1. The molecule has 0 aliphatic rings. The molecule has 0 spiro atoms. The van der Waals surface area contributed by atoms with Crippen LogP contribution in [0.2, 0.25) is 0 Å². The number of rotatable bonds is 7. The van der Waals surface area contributed by atoms with E-state index in [0.717, 1.165) is 11.1 Å². The zero-order valence-electron chi connectivity index (χ0n) is 15.7. The second kappa shape index (κ2) is 8.99. The van der Waals surface area contributed by atoms with Gasteiger partial charge in [0.1, 0.15) is 11.5 Å². The largest absolute Gasteiger partial charge is 0.494 e. The van der Waals surface area contributed by atoms with E-state index >= 15 is 0 Å². The summed E-state index contributed by atoms with van der Waals surface area (Å²) in [4.78, 5) is 16.2. The van der Waals surface area contributed by atoms with Crippen LogP contribution in [-0.2, 0) is 11.2 Å². The minimum atomic E-state index is -0.430. The monoisotopic (exact) mass is 380 g/mol. The number of carbonyl (C=O) groups excluding carboxylic acids is 1. The normalized spacial score (nSPS) is 10.4. The van der Waals surface area contributed by atoms with E-state index in [-0.39, 0.29) is 18.1 Å². The van der Waals surface area contributed by atoms with Gasteiger partial charge in [0.15, 0.2) is 11.6 Å². The standard InChI is InChI=1S/C22H21FN2O3/c1-15-12-17(7-9-20(15)28-18-4-3-11-24-14-18)25-22(26)10-6-16-5-8-21(27-2)19(23)13-16/h3-5,7-9,11-14H,6,10H2,1-2H3,(H,25,26). The lowest BCUT2D eigenvalue weighted by molar-refractivity contribution is -0.116. The van der Waals surface area contributed by atoms with Crippen LogP contribution in [0.4, 0.5) is 10.1 Å². The molecule has 0 unspecified atom stereocenters. The van der Waals surface area contributed by atoms with Gasteiger partial charge in [-0.3, -0.25) is 9.78 Å². The first-order valence-corrected chi connectivity index (χ1v) is 8.86. The van der Waals surface area contributed by atoms with Gasteiger partial charge in [0.25, 0.3) is 0 Å². The van der Waals surface area contributed by atoms with Gasteiger partial charge in [-0.15, -0.1) is 0 Å². The first kappa shape index (κ1) is 19.4. The smallest absolute Gasteiger partial charge is 0.224 e. The average Bonchev–Trinajstić information content (AvgIpc) is 2.69. The number of pyridine rings is 1. The molecule has 3 rings (SSSR count). The lowest BCUT2D eigenvalue weighted by Gasteiger charge is -2.11. The van der Waals surface area contributed by atoms with E-state index in [2.05, 4.69) is 10.3 Å². The van der Waals surface area contributed by atoms with Crippen molar-refractivity contribution in [2.75, 3.05) is 12.4 Å². The molecule has 0 aliphatic heterocycles. The van der Waals surface area contributed by atoms with Crippen LogP contribution in [-0.4, -0.2) is 18.0 Å². The molecule has 28 heavy (non-hydrogen) atoms. The van der Waals surface area contributed by atoms with Gasteiger partial charge in [0.2, 0.25) is 5.91 Å². The lowest BCUT2D eigenvalue weighted by Crippen LogP contribution is -2.12. The van der Waals surface area contributed by atoms with Crippen LogP contribution in [0.25, 0.3) is 0 Å². The Morgan fingerprint density at radius 2 is 1.96 bits per heavy atom. The van der Waals surface area contributed by atoms with E-state index in [1.165, 1.54) is 13.2 Å². The minimum absolute atomic E-state index is 0.142. The molecule has 1 amide bonds. The molecule has 1 aromatic heterocycles. The molecule has 0 saturated heterocycles. The molecule has 5 nitrogen and oxygen atoms in total. The Balaban J connectivity index is 1.56. The maximum atomic E-state index is 13.7. The van der Waals surface area contributed by atoms with Crippen molar-refractivity contribution in [2.24, 2.45) is 0 Å². The van der Waals surface area contributed by atoms with Crippen LogP contribution in [0.5, 0.6) is 17.2 Å². The SMILES string of the molecule is COc1ccc(CCC(=O)Nc2ccc(Oc3cccnc3)c(C)c2)cc1F. The van der Waals surface area contributed by atoms with E-state index < -0.39 is 5.82 Å². The fraction of sp³-hybridized carbons (Fsp3) is 0.182. The van der Waals surface area contributed by atoms with Gasteiger partial charge in [-0.25, -0.2) is 4.39 Å². The van der Waals surface area contributed by atoms with Crippen molar-refractivity contribution in [1.82, 2.24) is 4.98 Å². The highest BCUT2D eigenvalue weighted by Gasteiger charge is 2.08. The number of anilines is 1. The Bertz CT molecular complexity index is 961. The Kier molecular flexibility index (Phi) is 6.22. The van der Waals surface area contributed by atoms with Crippen LogP contribution in [0.3, 0.4) is 0 Å². The molecule has 0 radical (unpaired) electrons. The number of methoxy groups -OCH3 is 1. The predicted molar refractivity (Wildman–Crippen MR) is 105 cm³/mol. The number of carbonyl (C=O) groups is 1. The molecule has 6 heteroatoms. The third kappa shape index (κ3) is 5.07. The molecular weight excluding hydrogens is 359 g/mol. The molecule has 0 saturated carbocycles. The number of aryl methyl sites for hydroxylation is 2. The first-order valence-electron chi connectivity index (χ1n) is 8.86. The third-order valence-corrected chi connectivity index (χ3v) is 4.18. The van der Waals surface area contributed by atoms with Crippen LogP contribution < -0.4 is 14.8 Å². The van der Waals surface area contributed by atoms with Crippen LogP contribution in [0.15, 0.2) is 60.9 Å². The fourth-order valence-corrected chi connectivity index (χ4v) is 2.72. The summed E-state index contributed by atoms with van der Waals surface area (Å²) < 4.78 is 24.4. The minimum Gasteiger partial charge on any atom is -0.494 e. The van der Waals surface area contributed by atoms with Crippen molar-refractivity contribution in [1.29, 1.82) is 0 Å². The number of ether oxygens (including phenoxy) is 2. The van der Waals surface area contributed by atoms with Crippen molar-refractivity contribution in [2.45, 2.75) is 19.8 Å². The van der Waals surface area contributed by atoms with Gasteiger partial charge in [0.05, 0.1) is 13.3 Å². The van der Waals surface area contributed by atoms with Crippen molar-refractivity contribution in [3.05, 3.63) is 77.9 Å². The predicted octanol–water partition coefficient (Wildman–Crippen LogP) is 4.90. The second-order valence-electron chi connectivity index (χ2n) is 6.29. The summed E-state index contributed by atoms with van der Waals surface area (Å²) in [5.41, 5.74) is 2.31. The third-order valence-electron chi connectivity index (χ3n) is 4.18.